The number of fused-ring (bicyclic) bond motifs is 1. The lowest BCUT2D eigenvalue weighted by Gasteiger charge is -2.26. The fraction of sp³-hybridized carbons (Fsp3) is 0.280. The number of halogens is 1. The fourth-order valence-corrected chi connectivity index (χ4v) is 6.40. The number of carbonyl (C=O) groups is 3. The highest BCUT2D eigenvalue weighted by molar-refractivity contribution is 7.92. The van der Waals surface area contributed by atoms with Crippen LogP contribution >= 0.6 is 11.3 Å². The predicted octanol–water partition coefficient (Wildman–Crippen LogP) is 3.03. The summed E-state index contributed by atoms with van der Waals surface area (Å²) in [6.07, 6.45) is 3.67. The minimum Gasteiger partial charge on any atom is -0.384 e. The van der Waals surface area contributed by atoms with Crippen LogP contribution in [0, 0.1) is 5.13 Å². The molecule has 3 N–H and O–H groups in total. The lowest BCUT2D eigenvalue weighted by molar-refractivity contribution is -0.117. The molecule has 1 fully saturated rings. The molecule has 0 aliphatic carbocycles. The molecule has 0 radical (unpaired) electrons. The SMILES string of the molecule is O=C(Nc1ccc(N2C(=O)Cc3cc(NCCN4CCCC4)ccc3C2=O)nc1)NS(=O)(=O)c1ccc(F)s1. The summed E-state index contributed by atoms with van der Waals surface area (Å²) < 4.78 is 38.9. The maximum atomic E-state index is 13.1. The van der Waals surface area contributed by atoms with Crippen molar-refractivity contribution in [3.05, 3.63) is 64.9 Å². The van der Waals surface area contributed by atoms with Crippen molar-refractivity contribution in [3.63, 3.8) is 0 Å². The second-order valence-corrected chi connectivity index (χ2v) is 12.0. The van der Waals surface area contributed by atoms with E-state index in [0.717, 1.165) is 48.9 Å². The molecule has 204 valence electrons. The van der Waals surface area contributed by atoms with E-state index in [-0.39, 0.29) is 22.1 Å². The van der Waals surface area contributed by atoms with Gasteiger partial charge >= 0.3 is 6.03 Å². The summed E-state index contributed by atoms with van der Waals surface area (Å²) >= 11 is 0.381. The summed E-state index contributed by atoms with van der Waals surface area (Å²) in [6.45, 7) is 3.94. The van der Waals surface area contributed by atoms with Crippen LogP contribution in [0.4, 0.5) is 26.4 Å². The van der Waals surface area contributed by atoms with Gasteiger partial charge in [0.05, 0.1) is 18.3 Å². The number of rotatable bonds is 8. The van der Waals surface area contributed by atoms with Gasteiger partial charge < -0.3 is 15.5 Å². The molecule has 0 bridgehead atoms. The Hall–Kier alpha value is -3.88. The predicted molar refractivity (Wildman–Crippen MR) is 144 cm³/mol. The molecule has 4 amide bonds. The average molecular weight is 573 g/mol. The van der Waals surface area contributed by atoms with Crippen LogP contribution in [0.15, 0.2) is 52.9 Å². The number of thiophene rings is 1. The Bertz CT molecular complexity index is 1520. The lowest BCUT2D eigenvalue weighted by Crippen LogP contribution is -2.43. The van der Waals surface area contributed by atoms with Crippen molar-refractivity contribution in [1.82, 2.24) is 14.6 Å². The van der Waals surface area contributed by atoms with Crippen molar-refractivity contribution >= 4 is 56.4 Å². The van der Waals surface area contributed by atoms with E-state index in [1.807, 2.05) is 12.1 Å². The number of nitrogens with one attached hydrogen (secondary N) is 3. The van der Waals surface area contributed by atoms with E-state index in [4.69, 9.17) is 0 Å². The molecule has 0 unspecified atom stereocenters. The van der Waals surface area contributed by atoms with Crippen LogP contribution in [0.2, 0.25) is 0 Å². The Balaban J connectivity index is 1.21. The minimum atomic E-state index is -4.25. The summed E-state index contributed by atoms with van der Waals surface area (Å²) in [5.74, 6) is -0.886. The quantitative estimate of drug-likeness (QED) is 0.350. The van der Waals surface area contributed by atoms with Gasteiger partial charge in [0.1, 0.15) is 10.0 Å². The third-order valence-electron chi connectivity index (χ3n) is 6.36. The zero-order valence-electron chi connectivity index (χ0n) is 20.6. The number of urea groups is 1. The van der Waals surface area contributed by atoms with E-state index in [9.17, 15) is 27.2 Å². The van der Waals surface area contributed by atoms with Crippen LogP contribution in [0.5, 0.6) is 0 Å². The topological polar surface area (TPSA) is 141 Å². The van der Waals surface area contributed by atoms with E-state index in [1.54, 1.807) is 10.8 Å². The molecule has 1 saturated heterocycles. The Morgan fingerprint density at radius 1 is 1.05 bits per heavy atom. The smallest absolute Gasteiger partial charge is 0.333 e. The first-order valence-electron chi connectivity index (χ1n) is 12.2. The molecule has 2 aromatic heterocycles. The van der Waals surface area contributed by atoms with Gasteiger partial charge in [-0.25, -0.2) is 27.8 Å². The molecule has 0 saturated carbocycles. The number of hydrogen-bond acceptors (Lipinski definition) is 9. The Kier molecular flexibility index (Phi) is 7.59. The number of imide groups is 1. The van der Waals surface area contributed by atoms with E-state index in [1.165, 1.54) is 31.2 Å². The summed E-state index contributed by atoms with van der Waals surface area (Å²) in [4.78, 5) is 45.7. The van der Waals surface area contributed by atoms with Crippen molar-refractivity contribution in [1.29, 1.82) is 0 Å². The maximum Gasteiger partial charge on any atom is 0.333 e. The summed E-state index contributed by atoms with van der Waals surface area (Å²) in [5, 5.41) is 4.96. The number of nitrogens with zero attached hydrogens (tertiary/aromatic N) is 3. The normalized spacial score (nSPS) is 15.8. The molecule has 39 heavy (non-hydrogen) atoms. The molecule has 2 aliphatic rings. The average Bonchev–Trinajstić information content (AvgIpc) is 3.57. The number of anilines is 3. The number of hydrogen-bond donors (Lipinski definition) is 3. The second kappa shape index (κ2) is 11.1. The molecule has 3 aromatic rings. The third-order valence-corrected chi connectivity index (χ3v) is 9.06. The summed E-state index contributed by atoms with van der Waals surface area (Å²) in [6, 6.07) is 9.02. The zero-order valence-corrected chi connectivity index (χ0v) is 22.3. The van der Waals surface area contributed by atoms with Gasteiger partial charge in [0.15, 0.2) is 5.13 Å². The number of aromatic nitrogens is 1. The Morgan fingerprint density at radius 2 is 1.82 bits per heavy atom. The van der Waals surface area contributed by atoms with Gasteiger partial charge in [-0.2, -0.15) is 4.39 Å². The van der Waals surface area contributed by atoms with Crippen molar-refractivity contribution < 1.29 is 27.2 Å². The van der Waals surface area contributed by atoms with E-state index in [2.05, 4.69) is 20.5 Å². The van der Waals surface area contributed by atoms with Gasteiger partial charge in [-0.05, 0) is 74.0 Å². The van der Waals surface area contributed by atoms with Gasteiger partial charge in [0.2, 0.25) is 5.91 Å². The van der Waals surface area contributed by atoms with Crippen LogP contribution in [-0.2, 0) is 21.2 Å². The highest BCUT2D eigenvalue weighted by Crippen LogP contribution is 2.27. The van der Waals surface area contributed by atoms with Gasteiger partial charge in [0.25, 0.3) is 15.9 Å². The molecule has 11 nitrogen and oxygen atoms in total. The Labute approximate surface area is 228 Å². The number of carbonyl (C=O) groups excluding carboxylic acids is 3. The number of sulfonamides is 1. The highest BCUT2D eigenvalue weighted by atomic mass is 32.2. The van der Waals surface area contributed by atoms with Gasteiger partial charge in [-0.1, -0.05) is 11.3 Å². The van der Waals surface area contributed by atoms with Crippen LogP contribution in [0.25, 0.3) is 0 Å². The Morgan fingerprint density at radius 3 is 2.51 bits per heavy atom. The largest absolute Gasteiger partial charge is 0.384 e. The number of benzene rings is 1. The van der Waals surface area contributed by atoms with Crippen LogP contribution in [0.1, 0.15) is 28.8 Å². The fourth-order valence-electron chi connectivity index (χ4n) is 4.49. The summed E-state index contributed by atoms with van der Waals surface area (Å²) in [5.41, 5.74) is 2.00. The highest BCUT2D eigenvalue weighted by Gasteiger charge is 2.33. The van der Waals surface area contributed by atoms with Crippen LogP contribution < -0.4 is 20.3 Å². The minimum absolute atomic E-state index is 0.0218. The van der Waals surface area contributed by atoms with Crippen molar-refractivity contribution in [2.24, 2.45) is 0 Å². The first-order chi connectivity index (χ1) is 18.7. The maximum absolute atomic E-state index is 13.1. The van der Waals surface area contributed by atoms with Gasteiger partial charge in [-0.3, -0.25) is 9.59 Å². The number of amides is 4. The van der Waals surface area contributed by atoms with Gasteiger partial charge in [-0.15, -0.1) is 0 Å². The van der Waals surface area contributed by atoms with Gasteiger partial charge in [0, 0.05) is 24.3 Å². The first kappa shape index (κ1) is 26.7. The molecule has 1 aromatic carbocycles. The van der Waals surface area contributed by atoms with E-state index in [0.29, 0.717) is 22.5 Å². The molecule has 14 heteroatoms. The van der Waals surface area contributed by atoms with Crippen LogP contribution in [0.3, 0.4) is 0 Å². The molecule has 4 heterocycles. The van der Waals surface area contributed by atoms with Crippen LogP contribution in [-0.4, -0.2) is 62.3 Å². The van der Waals surface area contributed by atoms with Crippen molar-refractivity contribution in [2.75, 3.05) is 41.7 Å². The molecular formula is C25H25FN6O5S2. The lowest BCUT2D eigenvalue weighted by atomic mass is 9.97. The zero-order chi connectivity index (χ0) is 27.6. The van der Waals surface area contributed by atoms with Crippen molar-refractivity contribution in [3.8, 4) is 0 Å². The van der Waals surface area contributed by atoms with E-state index >= 15 is 0 Å². The molecular weight excluding hydrogens is 547 g/mol. The summed E-state index contributed by atoms with van der Waals surface area (Å²) in [7, 11) is -4.25. The second-order valence-electron chi connectivity index (χ2n) is 9.08. The number of likely N-dealkylation sites (tertiary alicyclic amines) is 1. The van der Waals surface area contributed by atoms with E-state index < -0.39 is 33.0 Å². The standard InChI is InChI=1S/C25H25FN6O5S2/c26-20-6-8-23(38-20)39(36,37)30-25(35)29-18-4-7-21(28-15-18)32-22(33)14-16-13-17(3-5-19(16)24(32)34)27-9-12-31-10-1-2-11-31/h3-8,13,15,27H,1-2,9-12,14H2,(H2,29,30,35). The number of pyridine rings is 1. The van der Waals surface area contributed by atoms with Crippen molar-refractivity contribution in [2.45, 2.75) is 23.5 Å². The first-order valence-corrected chi connectivity index (χ1v) is 14.5. The molecule has 0 atom stereocenters. The molecule has 5 rings (SSSR count). The monoisotopic (exact) mass is 572 g/mol. The molecule has 0 spiro atoms. The third kappa shape index (κ3) is 6.08. The molecule has 2 aliphatic heterocycles.